The molecule has 2 N–H and O–H groups in total. The summed E-state index contributed by atoms with van der Waals surface area (Å²) in [5, 5.41) is 13.0. The smallest absolute Gasteiger partial charge is 0.119 e. The first-order valence-electron chi connectivity index (χ1n) is 7.63. The number of ether oxygens (including phenoxy) is 1. The molecule has 0 spiro atoms. The van der Waals surface area contributed by atoms with Gasteiger partial charge in [0.05, 0.1) is 13.2 Å². The molecule has 0 bridgehead atoms. The van der Waals surface area contributed by atoms with E-state index in [9.17, 15) is 5.11 Å². The van der Waals surface area contributed by atoms with Crippen LogP contribution in [0.4, 0.5) is 0 Å². The fourth-order valence-corrected chi connectivity index (χ4v) is 2.42. The van der Waals surface area contributed by atoms with Gasteiger partial charge >= 0.3 is 0 Å². The van der Waals surface area contributed by atoms with Crippen LogP contribution in [0.25, 0.3) is 0 Å². The van der Waals surface area contributed by atoms with Crippen molar-refractivity contribution in [3.63, 3.8) is 0 Å². The Morgan fingerprint density at radius 2 is 1.95 bits per heavy atom. The van der Waals surface area contributed by atoms with E-state index in [1.54, 1.807) is 0 Å². The van der Waals surface area contributed by atoms with Gasteiger partial charge in [-0.05, 0) is 62.9 Å². The minimum atomic E-state index is -0.151. The summed E-state index contributed by atoms with van der Waals surface area (Å²) in [7, 11) is 0. The van der Waals surface area contributed by atoms with E-state index in [1.165, 1.54) is 11.1 Å². The van der Waals surface area contributed by atoms with Gasteiger partial charge < -0.3 is 15.2 Å². The average molecular weight is 279 g/mol. The molecule has 3 nitrogen and oxygen atoms in total. The van der Waals surface area contributed by atoms with Gasteiger partial charge in [0.1, 0.15) is 5.75 Å². The number of benzene rings is 1. The normalized spacial score (nSPS) is 14.1. The Kier molecular flexibility index (Phi) is 7.03. The molecule has 3 heteroatoms. The highest BCUT2D eigenvalue weighted by atomic mass is 16.5. The largest absolute Gasteiger partial charge is 0.494 e. The molecule has 1 atom stereocenters. The van der Waals surface area contributed by atoms with Crippen molar-refractivity contribution in [2.24, 2.45) is 0 Å². The van der Waals surface area contributed by atoms with Crippen LogP contribution in [-0.4, -0.2) is 30.4 Å². The predicted molar refractivity (Wildman–Crippen MR) is 84.4 cm³/mol. The molecule has 114 valence electrons. The summed E-state index contributed by atoms with van der Waals surface area (Å²) in [6.07, 6.45) is 2.80. The molecular formula is C17H29NO2. The summed E-state index contributed by atoms with van der Waals surface area (Å²) in [4.78, 5) is 0. The second kappa shape index (κ2) is 8.28. The molecule has 20 heavy (non-hydrogen) atoms. The van der Waals surface area contributed by atoms with E-state index < -0.39 is 0 Å². The van der Waals surface area contributed by atoms with E-state index in [1.807, 2.05) is 6.07 Å². The number of aliphatic hydroxyl groups is 1. The van der Waals surface area contributed by atoms with Gasteiger partial charge in [0.15, 0.2) is 0 Å². The Hall–Kier alpha value is -1.06. The fourth-order valence-electron chi connectivity index (χ4n) is 2.42. The number of nitrogens with one attached hydrogen (secondary N) is 1. The van der Waals surface area contributed by atoms with Gasteiger partial charge in [-0.15, -0.1) is 0 Å². The van der Waals surface area contributed by atoms with Gasteiger partial charge in [0.25, 0.3) is 0 Å². The van der Waals surface area contributed by atoms with Gasteiger partial charge in [-0.1, -0.05) is 19.9 Å². The second-order valence-electron chi connectivity index (χ2n) is 5.52. The number of hydrogen-bond donors (Lipinski definition) is 2. The van der Waals surface area contributed by atoms with Gasteiger partial charge in [-0.3, -0.25) is 0 Å². The van der Waals surface area contributed by atoms with E-state index in [0.717, 1.165) is 31.6 Å². The van der Waals surface area contributed by atoms with Crippen molar-refractivity contribution in [1.29, 1.82) is 0 Å². The Labute approximate surface area is 123 Å². The number of aliphatic hydroxyl groups excluding tert-OH is 1. The lowest BCUT2D eigenvalue weighted by Crippen LogP contribution is -2.48. The highest BCUT2D eigenvalue weighted by molar-refractivity contribution is 5.33. The third-order valence-corrected chi connectivity index (χ3v) is 4.08. The molecule has 0 aliphatic rings. The molecule has 1 aromatic carbocycles. The van der Waals surface area contributed by atoms with Gasteiger partial charge in [0, 0.05) is 5.54 Å². The number of likely N-dealkylation sites (N-methyl/N-ethyl adjacent to an activating group) is 1. The van der Waals surface area contributed by atoms with Crippen LogP contribution >= 0.6 is 0 Å². The summed E-state index contributed by atoms with van der Waals surface area (Å²) in [6.45, 7) is 10.1. The van der Waals surface area contributed by atoms with Crippen molar-refractivity contribution in [3.8, 4) is 5.75 Å². The molecule has 1 rings (SSSR count). The zero-order valence-corrected chi connectivity index (χ0v) is 13.3. The van der Waals surface area contributed by atoms with E-state index in [-0.39, 0.29) is 12.1 Å². The SMILES string of the molecule is CCNC(CC)(CO)CCCOc1ccc(C)c(C)c1. The molecule has 0 radical (unpaired) electrons. The molecule has 0 aromatic heterocycles. The van der Waals surface area contributed by atoms with Crippen LogP contribution in [0.1, 0.15) is 44.2 Å². The van der Waals surface area contributed by atoms with E-state index >= 15 is 0 Å². The lowest BCUT2D eigenvalue weighted by atomic mass is 9.91. The highest BCUT2D eigenvalue weighted by Gasteiger charge is 2.25. The maximum absolute atomic E-state index is 9.59. The molecule has 0 saturated heterocycles. The molecule has 0 heterocycles. The molecule has 1 unspecified atom stereocenters. The van der Waals surface area contributed by atoms with Crippen LogP contribution in [0.3, 0.4) is 0 Å². The fraction of sp³-hybridized carbons (Fsp3) is 0.647. The summed E-state index contributed by atoms with van der Waals surface area (Å²) in [6, 6.07) is 6.19. The molecule has 0 saturated carbocycles. The second-order valence-corrected chi connectivity index (χ2v) is 5.52. The van der Waals surface area contributed by atoms with Gasteiger partial charge in [-0.2, -0.15) is 0 Å². The third-order valence-electron chi connectivity index (χ3n) is 4.08. The Morgan fingerprint density at radius 1 is 1.20 bits per heavy atom. The van der Waals surface area contributed by atoms with E-state index in [0.29, 0.717) is 6.61 Å². The van der Waals surface area contributed by atoms with Crippen LogP contribution in [0, 0.1) is 13.8 Å². The van der Waals surface area contributed by atoms with E-state index in [2.05, 4.69) is 45.1 Å². The number of hydrogen-bond acceptors (Lipinski definition) is 3. The Balaban J connectivity index is 2.41. The monoisotopic (exact) mass is 279 g/mol. The summed E-state index contributed by atoms with van der Waals surface area (Å²) in [5.74, 6) is 0.933. The van der Waals surface area contributed by atoms with E-state index in [4.69, 9.17) is 4.74 Å². The summed E-state index contributed by atoms with van der Waals surface area (Å²) < 4.78 is 5.79. The molecule has 0 aliphatic heterocycles. The predicted octanol–water partition coefficient (Wildman–Crippen LogP) is 3.21. The maximum atomic E-state index is 9.59. The van der Waals surface area contributed by atoms with Crippen molar-refractivity contribution in [3.05, 3.63) is 29.3 Å². The minimum Gasteiger partial charge on any atom is -0.494 e. The zero-order valence-electron chi connectivity index (χ0n) is 13.3. The highest BCUT2D eigenvalue weighted by Crippen LogP contribution is 2.19. The molecule has 1 aromatic rings. The van der Waals surface area contributed by atoms with Crippen LogP contribution in [0.15, 0.2) is 18.2 Å². The molecule has 0 fully saturated rings. The maximum Gasteiger partial charge on any atom is 0.119 e. The topological polar surface area (TPSA) is 41.5 Å². The molecule has 0 aliphatic carbocycles. The van der Waals surface area contributed by atoms with Crippen LogP contribution in [0.2, 0.25) is 0 Å². The van der Waals surface area contributed by atoms with Crippen molar-refractivity contribution in [2.75, 3.05) is 19.8 Å². The Morgan fingerprint density at radius 3 is 2.50 bits per heavy atom. The number of rotatable bonds is 9. The first-order chi connectivity index (χ1) is 9.56. The van der Waals surface area contributed by atoms with Gasteiger partial charge in [-0.25, -0.2) is 0 Å². The zero-order chi connectivity index (χ0) is 15.0. The van der Waals surface area contributed by atoms with Crippen molar-refractivity contribution < 1.29 is 9.84 Å². The molecular weight excluding hydrogens is 250 g/mol. The molecule has 0 amide bonds. The minimum absolute atomic E-state index is 0.151. The standard InChI is InChI=1S/C17H29NO2/c1-5-17(13-19,18-6-2)10-7-11-20-16-9-8-14(3)15(4)12-16/h8-9,12,18-19H,5-7,10-11,13H2,1-4H3. The van der Waals surface area contributed by atoms with Crippen LogP contribution < -0.4 is 10.1 Å². The third kappa shape index (κ3) is 4.80. The first-order valence-corrected chi connectivity index (χ1v) is 7.63. The Bertz CT molecular complexity index is 400. The first kappa shape index (κ1) is 17.0. The number of aryl methyl sites for hydroxylation is 2. The van der Waals surface area contributed by atoms with Crippen LogP contribution in [-0.2, 0) is 0 Å². The average Bonchev–Trinajstić information content (AvgIpc) is 2.46. The van der Waals surface area contributed by atoms with Gasteiger partial charge in [0.2, 0.25) is 0 Å². The summed E-state index contributed by atoms with van der Waals surface area (Å²) >= 11 is 0. The lowest BCUT2D eigenvalue weighted by molar-refractivity contribution is 0.139. The van der Waals surface area contributed by atoms with Crippen LogP contribution in [0.5, 0.6) is 5.75 Å². The van der Waals surface area contributed by atoms with Crippen molar-refractivity contribution >= 4 is 0 Å². The van der Waals surface area contributed by atoms with Crippen molar-refractivity contribution in [1.82, 2.24) is 5.32 Å². The van der Waals surface area contributed by atoms with Crippen molar-refractivity contribution in [2.45, 2.75) is 52.5 Å². The summed E-state index contributed by atoms with van der Waals surface area (Å²) in [5.41, 5.74) is 2.39. The lowest BCUT2D eigenvalue weighted by Gasteiger charge is -2.31. The quantitative estimate of drug-likeness (QED) is 0.682.